The first-order valence-corrected chi connectivity index (χ1v) is 11.2. The monoisotopic (exact) mass is 396 g/mol. The van der Waals surface area contributed by atoms with Gasteiger partial charge in [-0.15, -0.1) is 0 Å². The average Bonchev–Trinajstić information content (AvgIpc) is 2.59. The summed E-state index contributed by atoms with van der Waals surface area (Å²) in [5.41, 5.74) is 2.21. The summed E-state index contributed by atoms with van der Waals surface area (Å²) in [6, 6.07) is 8.48. The van der Waals surface area contributed by atoms with Gasteiger partial charge in [0.25, 0.3) is 0 Å². The number of nitrogens with one attached hydrogen (secondary N) is 2. The van der Waals surface area contributed by atoms with Crippen LogP contribution in [-0.4, -0.2) is 23.4 Å². The van der Waals surface area contributed by atoms with E-state index in [1.54, 1.807) is 6.92 Å². The van der Waals surface area contributed by atoms with E-state index in [2.05, 4.69) is 41.8 Å². The van der Waals surface area contributed by atoms with Gasteiger partial charge in [0.15, 0.2) is 0 Å². The average molecular weight is 397 g/mol. The number of hydrogen-bond donors (Lipinski definition) is 2. The van der Waals surface area contributed by atoms with Crippen molar-refractivity contribution in [2.45, 2.75) is 90.1 Å². The Morgan fingerprint density at radius 3 is 2.17 bits per heavy atom. The standard InChI is InChI=1S/C25H36N2O2/c1-16-6-8-20(9-7-16)24-11-18-10-19(12-24)14-25(13-18,15-24)22(29)26-17(2)21(28)27-23(3,4)5/h6-9,17-19H,10-15H2,1-5H3,(H,26,29)(H,27,28)/t17-,18-,19-,24?,25?/m1/s1. The molecule has 5 rings (SSSR count). The molecule has 0 radical (unpaired) electrons. The van der Waals surface area contributed by atoms with E-state index in [0.29, 0.717) is 11.8 Å². The fraction of sp³-hybridized carbons (Fsp3) is 0.680. The Morgan fingerprint density at radius 1 is 1.03 bits per heavy atom. The van der Waals surface area contributed by atoms with Gasteiger partial charge in [-0.1, -0.05) is 29.8 Å². The molecule has 0 aliphatic heterocycles. The maximum Gasteiger partial charge on any atom is 0.242 e. The lowest BCUT2D eigenvalue weighted by atomic mass is 9.42. The van der Waals surface area contributed by atoms with Crippen LogP contribution in [0.2, 0.25) is 0 Å². The SMILES string of the molecule is Cc1ccc(C23C[C@H]4C[C@@H](CC(C(=O)N[C@H](C)C(=O)NC(C)(C)C)(C4)C2)C3)cc1. The summed E-state index contributed by atoms with van der Waals surface area (Å²) in [5, 5.41) is 6.07. The van der Waals surface area contributed by atoms with Crippen LogP contribution in [0.25, 0.3) is 0 Å². The second kappa shape index (κ2) is 6.85. The molecule has 29 heavy (non-hydrogen) atoms. The minimum absolute atomic E-state index is 0.0969. The molecule has 4 fully saturated rings. The van der Waals surface area contributed by atoms with Crippen molar-refractivity contribution in [3.05, 3.63) is 35.4 Å². The molecule has 4 saturated carbocycles. The Morgan fingerprint density at radius 2 is 1.62 bits per heavy atom. The molecule has 4 bridgehead atoms. The van der Waals surface area contributed by atoms with Crippen LogP contribution < -0.4 is 10.6 Å². The van der Waals surface area contributed by atoms with E-state index < -0.39 is 6.04 Å². The normalized spacial score (nSPS) is 34.0. The second-order valence-electron chi connectivity index (χ2n) is 11.3. The molecule has 158 valence electrons. The fourth-order valence-electron chi connectivity index (χ4n) is 6.67. The zero-order chi connectivity index (χ0) is 21.0. The first-order valence-electron chi connectivity index (χ1n) is 11.2. The number of hydrogen-bond acceptors (Lipinski definition) is 2. The van der Waals surface area contributed by atoms with Crippen LogP contribution in [0.4, 0.5) is 0 Å². The second-order valence-corrected chi connectivity index (χ2v) is 11.3. The largest absolute Gasteiger partial charge is 0.350 e. The Kier molecular flexibility index (Phi) is 4.83. The summed E-state index contributed by atoms with van der Waals surface area (Å²) in [7, 11) is 0. The molecule has 2 amide bonds. The van der Waals surface area contributed by atoms with Gasteiger partial charge in [-0.2, -0.15) is 0 Å². The molecular weight excluding hydrogens is 360 g/mol. The van der Waals surface area contributed by atoms with E-state index in [9.17, 15) is 9.59 Å². The molecule has 0 unspecified atom stereocenters. The Balaban J connectivity index is 1.55. The topological polar surface area (TPSA) is 58.2 Å². The summed E-state index contributed by atoms with van der Waals surface area (Å²) >= 11 is 0. The van der Waals surface area contributed by atoms with Gasteiger partial charge in [0.1, 0.15) is 6.04 Å². The zero-order valence-electron chi connectivity index (χ0n) is 18.6. The van der Waals surface area contributed by atoms with E-state index in [4.69, 9.17) is 0 Å². The highest BCUT2D eigenvalue weighted by atomic mass is 16.2. The van der Waals surface area contributed by atoms with Crippen LogP contribution >= 0.6 is 0 Å². The third-order valence-corrected chi connectivity index (χ3v) is 7.45. The van der Waals surface area contributed by atoms with Crippen molar-refractivity contribution in [3.8, 4) is 0 Å². The third kappa shape index (κ3) is 3.83. The van der Waals surface area contributed by atoms with Crippen LogP contribution in [-0.2, 0) is 15.0 Å². The molecule has 1 aromatic rings. The van der Waals surface area contributed by atoms with Crippen molar-refractivity contribution in [2.75, 3.05) is 0 Å². The molecule has 4 heteroatoms. The number of rotatable bonds is 4. The van der Waals surface area contributed by atoms with Gasteiger partial charge < -0.3 is 10.6 Å². The summed E-state index contributed by atoms with van der Waals surface area (Å²) in [5.74, 6) is 1.24. The van der Waals surface area contributed by atoms with Crippen molar-refractivity contribution in [2.24, 2.45) is 17.3 Å². The third-order valence-electron chi connectivity index (χ3n) is 7.45. The molecule has 0 heterocycles. The highest BCUT2D eigenvalue weighted by molar-refractivity contribution is 5.90. The summed E-state index contributed by atoms with van der Waals surface area (Å²) in [6.07, 6.45) is 6.58. The minimum atomic E-state index is -0.509. The molecular formula is C25H36N2O2. The van der Waals surface area contributed by atoms with Crippen LogP contribution in [0, 0.1) is 24.2 Å². The van der Waals surface area contributed by atoms with Gasteiger partial charge in [0.2, 0.25) is 11.8 Å². The predicted molar refractivity (Wildman–Crippen MR) is 115 cm³/mol. The smallest absolute Gasteiger partial charge is 0.242 e. The van der Waals surface area contributed by atoms with Crippen LogP contribution in [0.3, 0.4) is 0 Å². The molecule has 0 spiro atoms. The van der Waals surface area contributed by atoms with Crippen LogP contribution in [0.5, 0.6) is 0 Å². The van der Waals surface area contributed by atoms with Gasteiger partial charge in [-0.05, 0) is 96.0 Å². The number of carbonyl (C=O) groups excluding carboxylic acids is 2. The van der Waals surface area contributed by atoms with E-state index in [-0.39, 0.29) is 28.2 Å². The lowest BCUT2D eigenvalue weighted by molar-refractivity contribution is -0.151. The molecule has 2 N–H and O–H groups in total. The highest BCUT2D eigenvalue weighted by Crippen LogP contribution is 2.65. The number of aryl methyl sites for hydroxylation is 1. The van der Waals surface area contributed by atoms with Crippen LogP contribution in [0.1, 0.15) is 77.3 Å². The van der Waals surface area contributed by atoms with Gasteiger partial charge in [0.05, 0.1) is 5.41 Å². The molecule has 0 aromatic heterocycles. The van der Waals surface area contributed by atoms with Crippen molar-refractivity contribution < 1.29 is 9.59 Å². The Hall–Kier alpha value is -1.84. The van der Waals surface area contributed by atoms with Crippen molar-refractivity contribution >= 4 is 11.8 Å². The van der Waals surface area contributed by atoms with Gasteiger partial charge in [-0.3, -0.25) is 9.59 Å². The summed E-state index contributed by atoms with van der Waals surface area (Å²) < 4.78 is 0. The van der Waals surface area contributed by atoms with E-state index in [1.165, 1.54) is 30.4 Å². The lowest BCUT2D eigenvalue weighted by Crippen LogP contribution is -2.61. The summed E-state index contributed by atoms with van der Waals surface area (Å²) in [6.45, 7) is 9.81. The van der Waals surface area contributed by atoms with Crippen molar-refractivity contribution in [1.29, 1.82) is 0 Å². The van der Waals surface area contributed by atoms with Crippen molar-refractivity contribution in [3.63, 3.8) is 0 Å². The van der Waals surface area contributed by atoms with E-state index in [0.717, 1.165) is 19.3 Å². The molecule has 3 atom stereocenters. The van der Waals surface area contributed by atoms with Gasteiger partial charge >= 0.3 is 0 Å². The van der Waals surface area contributed by atoms with Gasteiger partial charge in [0, 0.05) is 5.54 Å². The molecule has 4 nitrogen and oxygen atoms in total. The van der Waals surface area contributed by atoms with Gasteiger partial charge in [-0.25, -0.2) is 0 Å². The molecule has 0 saturated heterocycles. The Labute approximate surface area is 175 Å². The molecule has 4 aliphatic carbocycles. The Bertz CT molecular complexity index is 791. The first-order chi connectivity index (χ1) is 13.5. The summed E-state index contributed by atoms with van der Waals surface area (Å²) in [4.78, 5) is 26.0. The molecule has 1 aromatic carbocycles. The molecule has 4 aliphatic rings. The fourth-order valence-corrected chi connectivity index (χ4v) is 6.67. The van der Waals surface area contributed by atoms with Crippen LogP contribution in [0.15, 0.2) is 24.3 Å². The predicted octanol–water partition coefficient (Wildman–Crippen LogP) is 4.25. The minimum Gasteiger partial charge on any atom is -0.350 e. The van der Waals surface area contributed by atoms with E-state index >= 15 is 0 Å². The maximum absolute atomic E-state index is 13.5. The first kappa shape index (κ1) is 20.4. The number of benzene rings is 1. The quantitative estimate of drug-likeness (QED) is 0.799. The zero-order valence-corrected chi connectivity index (χ0v) is 18.6. The van der Waals surface area contributed by atoms with E-state index in [1.807, 2.05) is 20.8 Å². The lowest BCUT2D eigenvalue weighted by Gasteiger charge is -2.61. The highest BCUT2D eigenvalue weighted by Gasteiger charge is 2.61. The number of carbonyl (C=O) groups is 2. The van der Waals surface area contributed by atoms with Crippen molar-refractivity contribution in [1.82, 2.24) is 10.6 Å². The number of amides is 2. The maximum atomic E-state index is 13.5.